The standard InChI is InChI=1S/C46H81NO3/c1-3-5-7-9-11-13-15-17-18-19-20-21-22-23-24-25-26-27-28-30-31-33-35-37-39-41-45(49)44(43-48)47-46(50)42-40-38-36-34-32-29-16-14-12-10-8-6-4-2/h6,8,12,14,29,31-33,36,38-39,41,44-45,48-49H,3-5,7,9-11,13,15-28,30,34-35,37,40,42-43H2,1-2H3,(H,47,50)/b8-6-,14-12-,32-29-,33-31+,38-36-,41-39+. The van der Waals surface area contributed by atoms with Crippen LogP contribution in [0.25, 0.3) is 0 Å². The van der Waals surface area contributed by atoms with Gasteiger partial charge in [-0.25, -0.2) is 0 Å². The van der Waals surface area contributed by atoms with Crippen LogP contribution in [-0.2, 0) is 4.79 Å². The molecule has 2 unspecified atom stereocenters. The van der Waals surface area contributed by atoms with E-state index in [0.717, 1.165) is 44.9 Å². The fraction of sp³-hybridized carbons (Fsp3) is 0.717. The Bertz CT molecular complexity index is 884. The first kappa shape index (κ1) is 47.8. The van der Waals surface area contributed by atoms with Crippen molar-refractivity contribution >= 4 is 5.91 Å². The lowest BCUT2D eigenvalue weighted by Crippen LogP contribution is -2.45. The van der Waals surface area contributed by atoms with Gasteiger partial charge in [-0.2, -0.15) is 0 Å². The van der Waals surface area contributed by atoms with E-state index in [1.165, 1.54) is 122 Å². The monoisotopic (exact) mass is 696 g/mol. The Labute approximate surface area is 310 Å². The van der Waals surface area contributed by atoms with Gasteiger partial charge in [0.05, 0.1) is 18.8 Å². The third-order valence-corrected chi connectivity index (χ3v) is 9.19. The summed E-state index contributed by atoms with van der Waals surface area (Å²) in [4.78, 5) is 12.3. The maximum atomic E-state index is 12.3. The minimum atomic E-state index is -0.894. The molecule has 0 saturated heterocycles. The van der Waals surface area contributed by atoms with Crippen molar-refractivity contribution in [1.29, 1.82) is 0 Å². The first-order valence-electron chi connectivity index (χ1n) is 21.2. The van der Waals surface area contributed by atoms with Gasteiger partial charge in [-0.1, -0.05) is 202 Å². The number of rotatable bonds is 37. The van der Waals surface area contributed by atoms with E-state index >= 15 is 0 Å². The summed E-state index contributed by atoms with van der Waals surface area (Å²) in [7, 11) is 0. The van der Waals surface area contributed by atoms with Gasteiger partial charge in [0.2, 0.25) is 5.91 Å². The second-order valence-corrected chi connectivity index (χ2v) is 14.0. The molecule has 0 aliphatic carbocycles. The highest BCUT2D eigenvalue weighted by atomic mass is 16.3. The Morgan fingerprint density at radius 2 is 0.900 bits per heavy atom. The number of hydrogen-bond donors (Lipinski definition) is 3. The molecule has 0 bridgehead atoms. The quantitative estimate of drug-likeness (QED) is 0.0447. The van der Waals surface area contributed by atoms with Gasteiger partial charge in [-0.05, 0) is 57.8 Å². The summed E-state index contributed by atoms with van der Waals surface area (Å²) in [5.74, 6) is -0.156. The number of aliphatic hydroxyl groups is 2. The molecule has 0 heterocycles. The molecule has 0 radical (unpaired) electrons. The van der Waals surface area contributed by atoms with Gasteiger partial charge in [0.15, 0.2) is 0 Å². The maximum absolute atomic E-state index is 12.3. The highest BCUT2D eigenvalue weighted by molar-refractivity contribution is 5.76. The molecule has 2 atom stereocenters. The first-order valence-corrected chi connectivity index (χ1v) is 21.2. The predicted octanol–water partition coefficient (Wildman–Crippen LogP) is 13.1. The van der Waals surface area contributed by atoms with Crippen LogP contribution >= 0.6 is 0 Å². The Hall–Kier alpha value is -2.17. The van der Waals surface area contributed by atoms with Crippen molar-refractivity contribution in [1.82, 2.24) is 5.32 Å². The van der Waals surface area contributed by atoms with E-state index in [1.54, 1.807) is 6.08 Å². The van der Waals surface area contributed by atoms with Crippen LogP contribution in [0.1, 0.15) is 194 Å². The molecule has 0 aromatic rings. The van der Waals surface area contributed by atoms with Crippen LogP contribution in [0.3, 0.4) is 0 Å². The normalized spacial score (nSPS) is 13.8. The second kappa shape index (κ2) is 41.3. The minimum Gasteiger partial charge on any atom is -0.394 e. The van der Waals surface area contributed by atoms with Crippen molar-refractivity contribution in [2.24, 2.45) is 0 Å². The fourth-order valence-electron chi connectivity index (χ4n) is 5.97. The lowest BCUT2D eigenvalue weighted by Gasteiger charge is -2.19. The Balaban J connectivity index is 3.66. The SMILES string of the molecule is CC/C=C\C/C=C\C/C=C\C/C=C\CCC(=O)NC(CO)C(O)/C=C/CC/C=C/CCCCCCCCCCCCCCCCCCCCC. The lowest BCUT2D eigenvalue weighted by molar-refractivity contribution is -0.122. The van der Waals surface area contributed by atoms with E-state index < -0.39 is 12.1 Å². The van der Waals surface area contributed by atoms with Crippen LogP contribution in [0.5, 0.6) is 0 Å². The number of carbonyl (C=O) groups is 1. The number of allylic oxidation sites excluding steroid dienone is 11. The molecule has 3 N–H and O–H groups in total. The maximum Gasteiger partial charge on any atom is 0.220 e. The van der Waals surface area contributed by atoms with E-state index in [9.17, 15) is 15.0 Å². The summed E-state index contributed by atoms with van der Waals surface area (Å²) in [5.41, 5.74) is 0. The van der Waals surface area contributed by atoms with Crippen molar-refractivity contribution in [2.45, 2.75) is 206 Å². The molecule has 0 fully saturated rings. The van der Waals surface area contributed by atoms with E-state index in [1.807, 2.05) is 12.2 Å². The van der Waals surface area contributed by atoms with E-state index in [2.05, 4.69) is 73.8 Å². The molecular weight excluding hydrogens is 615 g/mol. The van der Waals surface area contributed by atoms with Gasteiger partial charge >= 0.3 is 0 Å². The van der Waals surface area contributed by atoms with Gasteiger partial charge < -0.3 is 15.5 Å². The topological polar surface area (TPSA) is 69.6 Å². The molecule has 0 rings (SSSR count). The summed E-state index contributed by atoms with van der Waals surface area (Å²) in [6.45, 7) is 4.14. The van der Waals surface area contributed by atoms with Crippen molar-refractivity contribution in [3.8, 4) is 0 Å². The zero-order chi connectivity index (χ0) is 36.4. The lowest BCUT2D eigenvalue weighted by atomic mass is 10.0. The van der Waals surface area contributed by atoms with E-state index in [-0.39, 0.29) is 12.5 Å². The van der Waals surface area contributed by atoms with Crippen LogP contribution in [0, 0.1) is 0 Å². The summed E-state index contributed by atoms with van der Waals surface area (Å²) in [5, 5.41) is 22.9. The molecule has 0 aromatic heterocycles. The molecule has 4 nitrogen and oxygen atoms in total. The van der Waals surface area contributed by atoms with Crippen molar-refractivity contribution in [3.05, 3.63) is 72.9 Å². The summed E-state index contributed by atoms with van der Waals surface area (Å²) in [6, 6.07) is -0.680. The van der Waals surface area contributed by atoms with Crippen LogP contribution in [0.2, 0.25) is 0 Å². The van der Waals surface area contributed by atoms with Crippen LogP contribution in [0.15, 0.2) is 72.9 Å². The zero-order valence-corrected chi connectivity index (χ0v) is 32.9. The zero-order valence-electron chi connectivity index (χ0n) is 32.9. The van der Waals surface area contributed by atoms with Crippen LogP contribution < -0.4 is 5.32 Å². The Morgan fingerprint density at radius 3 is 1.38 bits per heavy atom. The van der Waals surface area contributed by atoms with Crippen LogP contribution in [0.4, 0.5) is 0 Å². The molecule has 288 valence electrons. The highest BCUT2D eigenvalue weighted by Crippen LogP contribution is 2.15. The number of amides is 1. The number of hydrogen-bond acceptors (Lipinski definition) is 3. The largest absolute Gasteiger partial charge is 0.394 e. The van der Waals surface area contributed by atoms with Gasteiger partial charge in [0.25, 0.3) is 0 Å². The molecule has 0 spiro atoms. The minimum absolute atomic E-state index is 0.156. The molecule has 4 heteroatoms. The average molecular weight is 696 g/mol. The van der Waals surface area contributed by atoms with Gasteiger partial charge in [-0.15, -0.1) is 0 Å². The van der Waals surface area contributed by atoms with Gasteiger partial charge in [0, 0.05) is 6.42 Å². The molecule has 50 heavy (non-hydrogen) atoms. The number of unbranched alkanes of at least 4 members (excludes halogenated alkanes) is 20. The number of nitrogens with one attached hydrogen (secondary N) is 1. The molecular formula is C46H81NO3. The third-order valence-electron chi connectivity index (χ3n) is 9.19. The average Bonchev–Trinajstić information content (AvgIpc) is 3.12. The molecule has 0 aliphatic rings. The van der Waals surface area contributed by atoms with Crippen molar-refractivity contribution in [2.75, 3.05) is 6.61 Å². The molecule has 1 amide bonds. The fourth-order valence-corrected chi connectivity index (χ4v) is 5.97. The number of aliphatic hydroxyl groups excluding tert-OH is 2. The Morgan fingerprint density at radius 1 is 0.500 bits per heavy atom. The smallest absolute Gasteiger partial charge is 0.220 e. The third kappa shape index (κ3) is 37.1. The molecule has 0 saturated carbocycles. The highest BCUT2D eigenvalue weighted by Gasteiger charge is 2.17. The summed E-state index contributed by atoms with van der Waals surface area (Å²) < 4.78 is 0. The predicted molar refractivity (Wildman–Crippen MR) is 220 cm³/mol. The van der Waals surface area contributed by atoms with Gasteiger partial charge in [0.1, 0.15) is 0 Å². The van der Waals surface area contributed by atoms with E-state index in [0.29, 0.717) is 12.8 Å². The summed E-state index contributed by atoms with van der Waals surface area (Å²) in [6.07, 6.45) is 58.9. The second-order valence-electron chi connectivity index (χ2n) is 14.0. The van der Waals surface area contributed by atoms with E-state index in [4.69, 9.17) is 0 Å². The summed E-state index contributed by atoms with van der Waals surface area (Å²) >= 11 is 0. The van der Waals surface area contributed by atoms with Crippen molar-refractivity contribution in [3.63, 3.8) is 0 Å². The van der Waals surface area contributed by atoms with Crippen LogP contribution in [-0.4, -0.2) is 34.9 Å². The van der Waals surface area contributed by atoms with Crippen molar-refractivity contribution < 1.29 is 15.0 Å². The molecule has 0 aliphatic heterocycles. The molecule has 0 aromatic carbocycles. The van der Waals surface area contributed by atoms with Gasteiger partial charge in [-0.3, -0.25) is 4.79 Å². The Kier molecular flexibility index (Phi) is 39.5. The first-order chi connectivity index (χ1) is 24.7. The number of carbonyl (C=O) groups excluding carboxylic acids is 1.